The minimum Gasteiger partial charge on any atom is -0.352 e. The molecule has 0 atom stereocenters. The van der Waals surface area contributed by atoms with E-state index in [0.717, 1.165) is 18.4 Å². The quantitative estimate of drug-likeness (QED) is 0.821. The molecule has 1 aromatic heterocycles. The van der Waals surface area contributed by atoms with Gasteiger partial charge in [-0.05, 0) is 43.0 Å². The van der Waals surface area contributed by atoms with Crippen LogP contribution in [-0.4, -0.2) is 17.4 Å². The van der Waals surface area contributed by atoms with E-state index in [0.29, 0.717) is 18.5 Å². The lowest BCUT2D eigenvalue weighted by Gasteiger charge is -2.05. The van der Waals surface area contributed by atoms with Crippen molar-refractivity contribution in [2.24, 2.45) is 0 Å². The van der Waals surface area contributed by atoms with Gasteiger partial charge in [-0.1, -0.05) is 18.2 Å². The summed E-state index contributed by atoms with van der Waals surface area (Å²) in [6.07, 6.45) is 5.54. The highest BCUT2D eigenvalue weighted by molar-refractivity contribution is 5.93. The predicted molar refractivity (Wildman–Crippen MR) is 75.9 cm³/mol. The van der Waals surface area contributed by atoms with Gasteiger partial charge in [-0.15, -0.1) is 0 Å². The van der Waals surface area contributed by atoms with Crippen LogP contribution in [0.3, 0.4) is 0 Å². The molecule has 0 bridgehead atoms. The average Bonchev–Trinajstić information content (AvgIpc) is 2.49. The largest absolute Gasteiger partial charge is 0.352 e. The molecule has 104 valence electrons. The third kappa shape index (κ3) is 4.16. The Morgan fingerprint density at radius 3 is 2.60 bits per heavy atom. The van der Waals surface area contributed by atoms with Crippen molar-refractivity contribution in [1.82, 2.24) is 10.3 Å². The number of nitrogens with one attached hydrogen (secondary N) is 1. The molecule has 0 saturated heterocycles. The maximum atomic E-state index is 13.4. The van der Waals surface area contributed by atoms with Crippen LogP contribution in [0.4, 0.5) is 4.39 Å². The van der Waals surface area contributed by atoms with E-state index in [9.17, 15) is 9.18 Å². The van der Waals surface area contributed by atoms with Crippen LogP contribution in [0.2, 0.25) is 0 Å². The second-order valence-corrected chi connectivity index (χ2v) is 4.54. The minimum atomic E-state index is -0.159. The van der Waals surface area contributed by atoms with Crippen LogP contribution in [0.25, 0.3) is 0 Å². The lowest BCUT2D eigenvalue weighted by atomic mass is 10.1. The highest BCUT2D eigenvalue weighted by atomic mass is 19.1. The van der Waals surface area contributed by atoms with Gasteiger partial charge in [-0.3, -0.25) is 9.78 Å². The van der Waals surface area contributed by atoms with Gasteiger partial charge in [0.1, 0.15) is 5.82 Å². The molecule has 1 aromatic carbocycles. The Morgan fingerprint density at radius 2 is 1.85 bits per heavy atom. The molecule has 0 spiro atoms. The number of halogens is 1. The number of rotatable bonds is 6. The zero-order chi connectivity index (χ0) is 14.2. The van der Waals surface area contributed by atoms with Crippen molar-refractivity contribution in [2.75, 3.05) is 6.54 Å². The van der Waals surface area contributed by atoms with Gasteiger partial charge >= 0.3 is 0 Å². The smallest absolute Gasteiger partial charge is 0.251 e. The van der Waals surface area contributed by atoms with E-state index in [2.05, 4.69) is 10.3 Å². The molecule has 1 N–H and O–H groups in total. The Bertz CT molecular complexity index is 557. The fourth-order valence-corrected chi connectivity index (χ4v) is 1.95. The van der Waals surface area contributed by atoms with Gasteiger partial charge in [0.15, 0.2) is 0 Å². The Kier molecular flexibility index (Phi) is 5.24. The van der Waals surface area contributed by atoms with E-state index < -0.39 is 0 Å². The number of aromatic nitrogens is 1. The number of benzene rings is 1. The number of amides is 1. The SMILES string of the molecule is O=C(NCCCCc1ccccc1F)c1ccncc1. The van der Waals surface area contributed by atoms with Crippen LogP contribution in [-0.2, 0) is 6.42 Å². The maximum absolute atomic E-state index is 13.4. The van der Waals surface area contributed by atoms with Crippen molar-refractivity contribution in [3.05, 3.63) is 65.7 Å². The molecular weight excluding hydrogens is 255 g/mol. The molecule has 0 aliphatic rings. The summed E-state index contributed by atoms with van der Waals surface area (Å²) in [7, 11) is 0. The van der Waals surface area contributed by atoms with Gasteiger partial charge in [-0.25, -0.2) is 4.39 Å². The number of nitrogens with zero attached hydrogens (tertiary/aromatic N) is 1. The standard InChI is InChI=1S/C16H17FN2O/c17-15-7-2-1-5-13(15)6-3-4-10-19-16(20)14-8-11-18-12-9-14/h1-2,5,7-9,11-12H,3-4,6,10H2,(H,19,20). The predicted octanol–water partition coefficient (Wildman–Crippen LogP) is 2.97. The summed E-state index contributed by atoms with van der Waals surface area (Å²) in [6, 6.07) is 10.1. The van der Waals surface area contributed by atoms with Gasteiger partial charge in [0.05, 0.1) is 0 Å². The number of carbonyl (C=O) groups excluding carboxylic acids is 1. The van der Waals surface area contributed by atoms with E-state index in [1.54, 1.807) is 36.7 Å². The minimum absolute atomic E-state index is 0.0988. The molecule has 0 aliphatic carbocycles. The fraction of sp³-hybridized carbons (Fsp3) is 0.250. The maximum Gasteiger partial charge on any atom is 0.251 e. The van der Waals surface area contributed by atoms with E-state index >= 15 is 0 Å². The normalized spacial score (nSPS) is 10.2. The van der Waals surface area contributed by atoms with Gasteiger partial charge < -0.3 is 5.32 Å². The third-order valence-corrected chi connectivity index (χ3v) is 3.06. The highest BCUT2D eigenvalue weighted by Gasteiger charge is 2.04. The topological polar surface area (TPSA) is 42.0 Å². The molecule has 3 nitrogen and oxygen atoms in total. The molecule has 20 heavy (non-hydrogen) atoms. The summed E-state index contributed by atoms with van der Waals surface area (Å²) < 4.78 is 13.4. The second kappa shape index (κ2) is 7.38. The summed E-state index contributed by atoms with van der Waals surface area (Å²) in [5, 5.41) is 2.84. The Morgan fingerprint density at radius 1 is 1.10 bits per heavy atom. The fourth-order valence-electron chi connectivity index (χ4n) is 1.95. The zero-order valence-corrected chi connectivity index (χ0v) is 11.2. The van der Waals surface area contributed by atoms with Crippen LogP contribution in [0.5, 0.6) is 0 Å². The van der Waals surface area contributed by atoms with Gasteiger partial charge in [0.25, 0.3) is 5.91 Å². The van der Waals surface area contributed by atoms with Crippen molar-refractivity contribution in [1.29, 1.82) is 0 Å². The number of carbonyl (C=O) groups is 1. The average molecular weight is 272 g/mol. The molecule has 1 amide bonds. The van der Waals surface area contributed by atoms with E-state index in [-0.39, 0.29) is 11.7 Å². The van der Waals surface area contributed by atoms with Crippen molar-refractivity contribution < 1.29 is 9.18 Å². The molecule has 0 radical (unpaired) electrons. The summed E-state index contributed by atoms with van der Waals surface area (Å²) in [4.78, 5) is 15.6. The number of pyridine rings is 1. The summed E-state index contributed by atoms with van der Waals surface area (Å²) >= 11 is 0. The van der Waals surface area contributed by atoms with Gasteiger partial charge in [-0.2, -0.15) is 0 Å². The molecule has 4 heteroatoms. The van der Waals surface area contributed by atoms with Crippen LogP contribution in [0, 0.1) is 5.82 Å². The van der Waals surface area contributed by atoms with E-state index in [1.165, 1.54) is 6.07 Å². The molecule has 0 aliphatic heterocycles. The van der Waals surface area contributed by atoms with Crippen LogP contribution in [0.1, 0.15) is 28.8 Å². The molecule has 1 heterocycles. The lowest BCUT2D eigenvalue weighted by molar-refractivity contribution is 0.0953. The summed E-state index contributed by atoms with van der Waals surface area (Å²) in [5.74, 6) is -0.258. The van der Waals surface area contributed by atoms with Crippen LogP contribution < -0.4 is 5.32 Å². The van der Waals surface area contributed by atoms with Crippen molar-refractivity contribution in [3.63, 3.8) is 0 Å². The Hall–Kier alpha value is -2.23. The molecule has 2 rings (SSSR count). The molecule has 0 fully saturated rings. The second-order valence-electron chi connectivity index (χ2n) is 4.54. The monoisotopic (exact) mass is 272 g/mol. The van der Waals surface area contributed by atoms with Gasteiger partial charge in [0.2, 0.25) is 0 Å². The zero-order valence-electron chi connectivity index (χ0n) is 11.2. The number of aryl methyl sites for hydroxylation is 1. The van der Waals surface area contributed by atoms with Crippen LogP contribution >= 0.6 is 0 Å². The summed E-state index contributed by atoms with van der Waals surface area (Å²) in [6.45, 7) is 0.593. The van der Waals surface area contributed by atoms with E-state index in [1.807, 2.05) is 6.07 Å². The molecule has 0 saturated carbocycles. The highest BCUT2D eigenvalue weighted by Crippen LogP contribution is 2.09. The van der Waals surface area contributed by atoms with Gasteiger partial charge in [0, 0.05) is 24.5 Å². The third-order valence-electron chi connectivity index (χ3n) is 3.06. The van der Waals surface area contributed by atoms with E-state index in [4.69, 9.17) is 0 Å². The number of hydrogen-bond donors (Lipinski definition) is 1. The number of hydrogen-bond acceptors (Lipinski definition) is 2. The lowest BCUT2D eigenvalue weighted by Crippen LogP contribution is -2.24. The first-order valence-electron chi connectivity index (χ1n) is 6.69. The van der Waals surface area contributed by atoms with Crippen molar-refractivity contribution in [3.8, 4) is 0 Å². The first-order valence-corrected chi connectivity index (χ1v) is 6.69. The van der Waals surface area contributed by atoms with Crippen molar-refractivity contribution in [2.45, 2.75) is 19.3 Å². The summed E-state index contributed by atoms with van der Waals surface area (Å²) in [5.41, 5.74) is 1.34. The Balaban J connectivity index is 1.67. The first kappa shape index (κ1) is 14.2. The first-order chi connectivity index (χ1) is 9.77. The number of unbranched alkanes of at least 4 members (excludes halogenated alkanes) is 1. The van der Waals surface area contributed by atoms with Crippen molar-refractivity contribution >= 4 is 5.91 Å². The Labute approximate surface area is 117 Å². The molecule has 0 unspecified atom stereocenters. The van der Waals surface area contributed by atoms with Crippen LogP contribution in [0.15, 0.2) is 48.8 Å². The molecular formula is C16H17FN2O. The molecule has 2 aromatic rings.